The Hall–Kier alpha value is -0.530. The summed E-state index contributed by atoms with van der Waals surface area (Å²) in [6.07, 6.45) is 0. The largest absolute Gasteiger partial charge is 0.481 e. The van der Waals surface area contributed by atoms with Crippen molar-refractivity contribution < 1.29 is 18.3 Å². The lowest BCUT2D eigenvalue weighted by Gasteiger charge is -2.18. The van der Waals surface area contributed by atoms with Crippen molar-refractivity contribution in [3.8, 4) is 0 Å². The monoisotopic (exact) mass is 371 g/mol. The molecule has 1 aromatic carbocycles. The number of hydrogen-bond acceptors (Lipinski definition) is 3. The van der Waals surface area contributed by atoms with Crippen molar-refractivity contribution in [3.05, 3.63) is 27.2 Å². The summed E-state index contributed by atoms with van der Waals surface area (Å²) in [6, 6.07) is 2.58. The molecule has 2 atom stereocenters. The number of hydrogen-bond donors (Lipinski definition) is 1. The number of carboxylic acid groups (broad SMARTS) is 1. The standard InChI is InChI=1S/C12H12Cl3NO4S/c1-6-4-16(5-8(6)12(17)18)21(19,20)11-9(14)2-7(13)3-10(11)15/h2-3,6,8H,4-5H2,1H3,(H,17,18)/t6-,8-/m1/s1. The van der Waals surface area contributed by atoms with E-state index in [0.29, 0.717) is 0 Å². The fourth-order valence-electron chi connectivity index (χ4n) is 2.34. The van der Waals surface area contributed by atoms with Gasteiger partial charge in [0.2, 0.25) is 10.0 Å². The summed E-state index contributed by atoms with van der Waals surface area (Å²) < 4.78 is 26.3. The van der Waals surface area contributed by atoms with Crippen LogP contribution in [0.2, 0.25) is 15.1 Å². The van der Waals surface area contributed by atoms with Crippen LogP contribution in [0.25, 0.3) is 0 Å². The predicted octanol–water partition coefficient (Wildman–Crippen LogP) is 2.99. The maximum atomic E-state index is 12.6. The minimum absolute atomic E-state index is 0.0843. The summed E-state index contributed by atoms with van der Waals surface area (Å²) in [4.78, 5) is 10.9. The number of nitrogens with zero attached hydrogens (tertiary/aromatic N) is 1. The van der Waals surface area contributed by atoms with E-state index in [9.17, 15) is 13.2 Å². The number of carboxylic acids is 1. The molecule has 1 saturated heterocycles. The highest BCUT2D eigenvalue weighted by Crippen LogP contribution is 2.37. The van der Waals surface area contributed by atoms with E-state index in [2.05, 4.69) is 0 Å². The average molecular weight is 373 g/mol. The quantitative estimate of drug-likeness (QED) is 0.885. The molecule has 1 heterocycles. The molecule has 1 fully saturated rings. The Balaban J connectivity index is 2.43. The molecule has 21 heavy (non-hydrogen) atoms. The highest BCUT2D eigenvalue weighted by atomic mass is 35.5. The molecular formula is C12H12Cl3NO4S. The van der Waals surface area contributed by atoms with Gasteiger partial charge in [-0.3, -0.25) is 4.79 Å². The van der Waals surface area contributed by atoms with E-state index in [4.69, 9.17) is 39.9 Å². The minimum atomic E-state index is -3.97. The summed E-state index contributed by atoms with van der Waals surface area (Å²) in [5, 5.41) is 9.15. The highest BCUT2D eigenvalue weighted by Gasteiger charge is 2.42. The van der Waals surface area contributed by atoms with Gasteiger partial charge in [-0.1, -0.05) is 41.7 Å². The Morgan fingerprint density at radius 1 is 1.24 bits per heavy atom. The third-order valence-corrected chi connectivity index (χ3v) is 6.43. The molecule has 2 rings (SSSR count). The van der Waals surface area contributed by atoms with Gasteiger partial charge in [0.05, 0.1) is 16.0 Å². The number of benzene rings is 1. The van der Waals surface area contributed by atoms with E-state index in [0.717, 1.165) is 4.31 Å². The molecule has 5 nitrogen and oxygen atoms in total. The second-order valence-corrected chi connectivity index (χ2v) is 8.07. The number of halogens is 3. The van der Waals surface area contributed by atoms with Crippen molar-refractivity contribution in [1.82, 2.24) is 4.31 Å². The van der Waals surface area contributed by atoms with Crippen LogP contribution in [0.15, 0.2) is 17.0 Å². The molecule has 0 saturated carbocycles. The van der Waals surface area contributed by atoms with E-state index < -0.39 is 21.9 Å². The first-order chi connectivity index (χ1) is 9.64. The summed E-state index contributed by atoms with van der Waals surface area (Å²) in [5.41, 5.74) is 0. The molecule has 0 aromatic heterocycles. The van der Waals surface area contributed by atoms with Gasteiger partial charge in [0, 0.05) is 18.1 Å². The van der Waals surface area contributed by atoms with E-state index in [-0.39, 0.29) is 39.0 Å². The smallest absolute Gasteiger partial charge is 0.308 e. The van der Waals surface area contributed by atoms with E-state index in [1.165, 1.54) is 12.1 Å². The number of rotatable bonds is 3. The lowest BCUT2D eigenvalue weighted by molar-refractivity contribution is -0.142. The van der Waals surface area contributed by atoms with Gasteiger partial charge >= 0.3 is 5.97 Å². The summed E-state index contributed by atoms with van der Waals surface area (Å²) in [6.45, 7) is 1.70. The van der Waals surface area contributed by atoms with Crippen LogP contribution in [0.3, 0.4) is 0 Å². The Kier molecular flexibility index (Phi) is 4.75. The summed E-state index contributed by atoms with van der Waals surface area (Å²) in [5.74, 6) is -2.06. The predicted molar refractivity (Wildman–Crippen MR) is 80.5 cm³/mol. The SMILES string of the molecule is C[C@@H]1CN(S(=O)(=O)c2c(Cl)cc(Cl)cc2Cl)C[C@H]1C(=O)O. The van der Waals surface area contributed by atoms with Crippen molar-refractivity contribution in [1.29, 1.82) is 0 Å². The highest BCUT2D eigenvalue weighted by molar-refractivity contribution is 7.89. The first-order valence-corrected chi connectivity index (χ1v) is 8.59. The topological polar surface area (TPSA) is 74.7 Å². The van der Waals surface area contributed by atoms with Gasteiger partial charge in [-0.15, -0.1) is 0 Å². The van der Waals surface area contributed by atoms with Crippen LogP contribution in [-0.4, -0.2) is 36.9 Å². The molecule has 0 amide bonds. The van der Waals surface area contributed by atoms with Gasteiger partial charge in [0.1, 0.15) is 4.90 Å². The maximum absolute atomic E-state index is 12.6. The van der Waals surface area contributed by atoms with Gasteiger partial charge < -0.3 is 5.11 Å². The normalized spacial score (nSPS) is 23.4. The zero-order valence-corrected chi connectivity index (χ0v) is 14.0. The third-order valence-electron chi connectivity index (χ3n) is 3.46. The fourth-order valence-corrected chi connectivity index (χ4v) is 5.40. The van der Waals surface area contributed by atoms with Gasteiger partial charge in [-0.25, -0.2) is 8.42 Å². The lowest BCUT2D eigenvalue weighted by atomic mass is 9.99. The number of aliphatic carboxylic acids is 1. The average Bonchev–Trinajstić information content (AvgIpc) is 2.70. The van der Waals surface area contributed by atoms with Crippen molar-refractivity contribution in [2.45, 2.75) is 11.8 Å². The molecule has 1 aliphatic rings. The molecule has 0 bridgehead atoms. The summed E-state index contributed by atoms with van der Waals surface area (Å²) in [7, 11) is -3.97. The first-order valence-electron chi connectivity index (χ1n) is 6.02. The van der Waals surface area contributed by atoms with E-state index >= 15 is 0 Å². The zero-order valence-electron chi connectivity index (χ0n) is 10.9. The maximum Gasteiger partial charge on any atom is 0.308 e. The van der Waals surface area contributed by atoms with Crippen LogP contribution < -0.4 is 0 Å². The molecule has 0 radical (unpaired) electrons. The molecule has 1 aliphatic heterocycles. The number of carbonyl (C=O) groups is 1. The molecular weight excluding hydrogens is 361 g/mol. The Morgan fingerprint density at radius 3 is 2.19 bits per heavy atom. The lowest BCUT2D eigenvalue weighted by Crippen LogP contribution is -2.30. The van der Waals surface area contributed by atoms with Gasteiger partial charge in [0.15, 0.2) is 0 Å². The minimum Gasteiger partial charge on any atom is -0.481 e. The van der Waals surface area contributed by atoms with Crippen LogP contribution in [0.4, 0.5) is 0 Å². The second-order valence-electron chi connectivity index (χ2n) is 4.94. The van der Waals surface area contributed by atoms with Crippen molar-refractivity contribution in [2.75, 3.05) is 13.1 Å². The van der Waals surface area contributed by atoms with Crippen LogP contribution in [0.5, 0.6) is 0 Å². The van der Waals surface area contributed by atoms with Crippen LogP contribution >= 0.6 is 34.8 Å². The molecule has 116 valence electrons. The zero-order chi connectivity index (χ0) is 15.9. The van der Waals surface area contributed by atoms with Crippen LogP contribution in [0, 0.1) is 11.8 Å². The Bertz CT molecular complexity index is 669. The van der Waals surface area contributed by atoms with E-state index in [1.807, 2.05) is 0 Å². The molecule has 1 N–H and O–H groups in total. The summed E-state index contributed by atoms with van der Waals surface area (Å²) >= 11 is 17.6. The Labute approximate surface area is 137 Å². The van der Waals surface area contributed by atoms with Crippen molar-refractivity contribution in [2.24, 2.45) is 11.8 Å². The molecule has 0 spiro atoms. The molecule has 9 heteroatoms. The number of sulfonamides is 1. The molecule has 0 unspecified atom stereocenters. The van der Waals surface area contributed by atoms with Gasteiger partial charge in [0.25, 0.3) is 0 Å². The fraction of sp³-hybridized carbons (Fsp3) is 0.417. The second kappa shape index (κ2) is 5.93. The van der Waals surface area contributed by atoms with Crippen LogP contribution in [-0.2, 0) is 14.8 Å². The van der Waals surface area contributed by atoms with Gasteiger partial charge in [-0.2, -0.15) is 4.31 Å². The van der Waals surface area contributed by atoms with E-state index in [1.54, 1.807) is 6.92 Å². The van der Waals surface area contributed by atoms with Gasteiger partial charge in [-0.05, 0) is 18.1 Å². The van der Waals surface area contributed by atoms with Crippen molar-refractivity contribution in [3.63, 3.8) is 0 Å². The Morgan fingerprint density at radius 2 is 1.76 bits per heavy atom. The third kappa shape index (κ3) is 3.14. The first kappa shape index (κ1) is 16.8. The molecule has 0 aliphatic carbocycles. The van der Waals surface area contributed by atoms with Crippen LogP contribution in [0.1, 0.15) is 6.92 Å². The molecule has 1 aromatic rings. The van der Waals surface area contributed by atoms with Crippen molar-refractivity contribution >= 4 is 50.8 Å².